The number of hydrogen-bond acceptors (Lipinski definition) is 6. The minimum atomic E-state index is -2.71. The average Bonchev–Trinajstić information content (AvgIpc) is 3.17. The summed E-state index contributed by atoms with van der Waals surface area (Å²) in [7, 11) is 0. The van der Waals surface area contributed by atoms with Gasteiger partial charge in [0.05, 0.1) is 30.4 Å². The van der Waals surface area contributed by atoms with E-state index in [1.54, 1.807) is 44.0 Å². The van der Waals surface area contributed by atoms with Crippen molar-refractivity contribution in [1.82, 2.24) is 14.5 Å². The van der Waals surface area contributed by atoms with Gasteiger partial charge >= 0.3 is 57.4 Å². The van der Waals surface area contributed by atoms with Gasteiger partial charge in [0.2, 0.25) is 0 Å². The quantitative estimate of drug-likeness (QED) is 0.251. The molecule has 12 heteroatoms. The smallest absolute Gasteiger partial charge is 0.850 e. The third-order valence-electron chi connectivity index (χ3n) is 5.64. The third-order valence-corrected chi connectivity index (χ3v) is 6.94. The van der Waals surface area contributed by atoms with Gasteiger partial charge in [-0.2, -0.15) is 0 Å². The molecule has 1 aliphatic heterocycles. The van der Waals surface area contributed by atoms with Crippen molar-refractivity contribution < 1.29 is 75.2 Å². The van der Waals surface area contributed by atoms with Crippen LogP contribution in [0.15, 0.2) is 35.7 Å². The van der Waals surface area contributed by atoms with E-state index in [0.717, 1.165) is 11.1 Å². The summed E-state index contributed by atoms with van der Waals surface area (Å²) in [5, 5.41) is 20.1. The molecule has 0 unspecified atom stereocenters. The summed E-state index contributed by atoms with van der Waals surface area (Å²) in [4.78, 5) is 22.0. The van der Waals surface area contributed by atoms with Gasteiger partial charge in [-0.3, -0.25) is 4.79 Å². The number of fused-ring (bicyclic) bond motifs is 1. The van der Waals surface area contributed by atoms with Crippen LogP contribution in [0.5, 0.6) is 0 Å². The van der Waals surface area contributed by atoms with Gasteiger partial charge in [-0.25, -0.2) is 18.7 Å². The Morgan fingerprint density at radius 1 is 1.31 bits per heavy atom. The number of hydrogen-bond donors (Lipinski definition) is 1. The largest absolute Gasteiger partial charge is 1.00 e. The molecule has 1 aliphatic rings. The Balaban J connectivity index is 0.000000816. The summed E-state index contributed by atoms with van der Waals surface area (Å²) in [5.74, 6) is -3.13. The number of carboxylic acids is 1. The summed E-state index contributed by atoms with van der Waals surface area (Å²) in [6.45, 7) is 9.22. The van der Waals surface area contributed by atoms with Crippen LogP contribution in [0.3, 0.4) is 0 Å². The molecular weight excluding hydrogens is 573 g/mol. The number of rotatable bonds is 7. The molecule has 2 aromatic heterocycles. The van der Waals surface area contributed by atoms with Gasteiger partial charge in [0.25, 0.3) is 5.92 Å². The van der Waals surface area contributed by atoms with Crippen LogP contribution >= 0.6 is 23.4 Å². The molecule has 208 valence electrons. The van der Waals surface area contributed by atoms with E-state index in [0.29, 0.717) is 45.7 Å². The number of nitrogens with zero attached hydrogens (tertiary/aromatic N) is 4. The van der Waals surface area contributed by atoms with Gasteiger partial charge in [0.1, 0.15) is 5.52 Å². The van der Waals surface area contributed by atoms with Crippen molar-refractivity contribution in [2.45, 2.75) is 82.4 Å². The van der Waals surface area contributed by atoms with Crippen LogP contribution in [-0.2, 0) is 17.0 Å². The second-order valence-corrected chi connectivity index (χ2v) is 12.0. The zero-order valence-corrected chi connectivity index (χ0v) is 28.0. The zero-order valence-electron chi connectivity index (χ0n) is 23.3. The molecule has 3 aromatic rings. The van der Waals surface area contributed by atoms with Gasteiger partial charge in [0, 0.05) is 36.0 Å². The molecule has 0 atom stereocenters. The normalized spacial score (nSPS) is 15.1. The number of aromatic nitrogens is 3. The van der Waals surface area contributed by atoms with E-state index < -0.39 is 17.5 Å². The van der Waals surface area contributed by atoms with Gasteiger partial charge in [-0.1, -0.05) is 56.3 Å². The van der Waals surface area contributed by atoms with Crippen LogP contribution in [0.25, 0.3) is 11.0 Å². The maximum atomic E-state index is 14.1. The molecule has 0 aliphatic carbocycles. The van der Waals surface area contributed by atoms with Crippen molar-refractivity contribution in [3.63, 3.8) is 0 Å². The molecule has 0 saturated carbocycles. The number of anilines is 1. The van der Waals surface area contributed by atoms with Crippen LogP contribution < -0.4 is 61.4 Å². The third kappa shape index (κ3) is 10.5. The van der Waals surface area contributed by atoms with Crippen LogP contribution in [-0.4, -0.2) is 50.2 Å². The first-order valence-corrected chi connectivity index (χ1v) is 13.8. The fraction of sp³-hybridized carbons (Fsp3) is 0.519. The van der Waals surface area contributed by atoms with Gasteiger partial charge in [0.15, 0.2) is 5.16 Å². The Hall–Kier alpha value is -0.794. The fourth-order valence-corrected chi connectivity index (χ4v) is 5.01. The van der Waals surface area contributed by atoms with E-state index in [4.69, 9.17) is 21.7 Å². The second kappa shape index (κ2) is 14.4. The molecule has 0 amide bonds. The van der Waals surface area contributed by atoms with Crippen molar-refractivity contribution in [3.05, 3.63) is 46.7 Å². The van der Waals surface area contributed by atoms with Crippen molar-refractivity contribution in [2.75, 3.05) is 18.0 Å². The molecule has 0 spiro atoms. The molecule has 1 fully saturated rings. The van der Waals surface area contributed by atoms with Crippen LogP contribution in [0.2, 0.25) is 5.02 Å². The van der Waals surface area contributed by atoms with E-state index in [2.05, 4.69) is 4.98 Å². The van der Waals surface area contributed by atoms with Crippen molar-refractivity contribution >= 4 is 46.1 Å². The molecule has 4 rings (SSSR count). The van der Waals surface area contributed by atoms with Gasteiger partial charge in [-0.05, 0) is 37.5 Å². The minimum absolute atomic E-state index is 0. The van der Waals surface area contributed by atoms with Gasteiger partial charge < -0.3 is 19.7 Å². The summed E-state index contributed by atoms with van der Waals surface area (Å²) in [6, 6.07) is 5.45. The Kier molecular flexibility index (Phi) is 12.7. The van der Waals surface area contributed by atoms with E-state index >= 15 is 0 Å². The number of alkyl halides is 2. The van der Waals surface area contributed by atoms with E-state index in [1.807, 2.05) is 30.7 Å². The number of aliphatic carboxylic acids is 1. The first kappa shape index (κ1) is 34.4. The fourth-order valence-electron chi connectivity index (χ4n) is 4.06. The average molecular weight is 607 g/mol. The monoisotopic (exact) mass is 606 g/mol. The predicted octanol–water partition coefficient (Wildman–Crippen LogP) is 2.97. The zero-order chi connectivity index (χ0) is 28.3. The number of halogens is 3. The molecular formula is C27H34ClF2KN4O3S. The predicted molar refractivity (Wildman–Crippen MR) is 146 cm³/mol. The number of benzene rings is 1. The van der Waals surface area contributed by atoms with E-state index in [1.165, 1.54) is 11.8 Å². The Morgan fingerprint density at radius 3 is 2.56 bits per heavy atom. The molecule has 0 bridgehead atoms. The topological polar surface area (TPSA) is 94.3 Å². The summed E-state index contributed by atoms with van der Waals surface area (Å²) in [6.07, 6.45) is 3.84. The van der Waals surface area contributed by atoms with Gasteiger partial charge in [-0.15, -0.1) is 5.60 Å². The summed E-state index contributed by atoms with van der Waals surface area (Å²) >= 11 is 7.51. The van der Waals surface area contributed by atoms with E-state index in [9.17, 15) is 18.7 Å². The van der Waals surface area contributed by atoms with Crippen molar-refractivity contribution in [2.24, 2.45) is 0 Å². The van der Waals surface area contributed by atoms with Crippen LogP contribution in [0.4, 0.5) is 14.5 Å². The molecule has 1 N–H and O–H groups in total. The number of carboxylic acid groups (broad SMARTS) is 1. The summed E-state index contributed by atoms with van der Waals surface area (Å²) < 4.78 is 30.2. The van der Waals surface area contributed by atoms with Crippen molar-refractivity contribution in [1.29, 1.82) is 0 Å². The SMILES string of the molecule is CC(C)(C)[O-].CC(C)n1cc(N2CCCC(F)(F)C2)c2nc(SCc3ccc(Cl)c(CC(=O)O)c3)ncc21.[K+]. The molecule has 3 heterocycles. The molecule has 1 aromatic carbocycles. The van der Waals surface area contributed by atoms with Crippen LogP contribution in [0.1, 0.15) is 64.6 Å². The van der Waals surface area contributed by atoms with Crippen molar-refractivity contribution in [3.8, 4) is 0 Å². The first-order chi connectivity index (χ1) is 17.6. The Labute approximate surface area is 280 Å². The minimum Gasteiger partial charge on any atom is -0.850 e. The standard InChI is InChI=1S/C23H25ClF2N4O2S.C4H9O.K/c1-14(2)30-11-19(29-7-3-6-23(25,26)13-29)21-18(30)10-27-22(28-21)33-12-15-4-5-17(24)16(8-15)9-20(31)32;1-4(2,3)5;/h4-5,8,10-11,14H,3,6-7,9,12-13H2,1-2H3,(H,31,32);1-3H3;/q;-1;+1. The second-order valence-electron chi connectivity index (χ2n) is 10.7. The summed E-state index contributed by atoms with van der Waals surface area (Å²) in [5.41, 5.74) is 2.90. The maximum absolute atomic E-state index is 14.1. The molecule has 39 heavy (non-hydrogen) atoms. The Morgan fingerprint density at radius 2 is 1.97 bits per heavy atom. The first-order valence-electron chi connectivity index (χ1n) is 12.5. The molecule has 7 nitrogen and oxygen atoms in total. The number of thioether (sulfide) groups is 1. The number of piperidine rings is 1. The molecule has 0 radical (unpaired) electrons. The molecule has 1 saturated heterocycles. The number of carbonyl (C=O) groups is 1. The van der Waals surface area contributed by atoms with Crippen LogP contribution in [0, 0.1) is 0 Å². The Bertz CT molecular complexity index is 1280. The maximum Gasteiger partial charge on any atom is 1.00 e. The van der Waals surface area contributed by atoms with E-state index in [-0.39, 0.29) is 76.8 Å².